The summed E-state index contributed by atoms with van der Waals surface area (Å²) >= 11 is 0. The number of fused-ring (bicyclic) bond motifs is 1. The number of aromatic nitrogens is 3. The van der Waals surface area contributed by atoms with Crippen LogP contribution in [0.3, 0.4) is 0 Å². The van der Waals surface area contributed by atoms with Crippen molar-refractivity contribution in [2.75, 3.05) is 44.7 Å². The fourth-order valence-electron chi connectivity index (χ4n) is 4.51. The van der Waals surface area contributed by atoms with E-state index in [1.54, 1.807) is 44.4 Å². The van der Waals surface area contributed by atoms with Crippen molar-refractivity contribution in [3.05, 3.63) is 42.4 Å². The van der Waals surface area contributed by atoms with Crippen molar-refractivity contribution in [3.63, 3.8) is 0 Å². The maximum Gasteiger partial charge on any atom is 0.408 e. The topological polar surface area (TPSA) is 140 Å². The number of hydrogen-bond donors (Lipinski definition) is 3. The number of nitrogens with zero attached hydrogens (tertiary/aromatic N) is 4. The lowest BCUT2D eigenvalue weighted by molar-refractivity contribution is -0.117. The van der Waals surface area contributed by atoms with Gasteiger partial charge in [-0.3, -0.25) is 14.5 Å². The van der Waals surface area contributed by atoms with Crippen molar-refractivity contribution in [1.29, 1.82) is 0 Å². The van der Waals surface area contributed by atoms with E-state index in [9.17, 15) is 14.4 Å². The molecule has 1 aliphatic heterocycles. The first-order valence-electron chi connectivity index (χ1n) is 13.8. The number of carbonyl (C=O) groups is 3. The van der Waals surface area contributed by atoms with Crippen LogP contribution in [0.15, 0.2) is 36.7 Å². The van der Waals surface area contributed by atoms with Crippen LogP contribution in [-0.4, -0.2) is 88.4 Å². The monoisotopic (exact) mass is 565 g/mol. The van der Waals surface area contributed by atoms with Crippen molar-refractivity contribution in [2.45, 2.75) is 45.8 Å². The highest BCUT2D eigenvalue weighted by Gasteiger charge is 2.22. The van der Waals surface area contributed by atoms with Gasteiger partial charge in [-0.15, -0.1) is 0 Å². The second kappa shape index (κ2) is 13.1. The predicted octanol–water partition coefficient (Wildman–Crippen LogP) is 2.94. The SMILES string of the molecule is C[C@H](NC(=O)OC(C)(C)C)C(=O)Nc1ccc(-c2ncnc3c2cc(C(=O)NCCCN2CCOCC2)n3C)cc1. The lowest BCUT2D eigenvalue weighted by Gasteiger charge is -2.26. The Morgan fingerprint density at radius 1 is 1.10 bits per heavy atom. The zero-order chi connectivity index (χ0) is 29.6. The molecule has 220 valence electrons. The number of aryl methyl sites for hydroxylation is 1. The van der Waals surface area contributed by atoms with Gasteiger partial charge in [0.1, 0.15) is 29.3 Å². The number of anilines is 1. The molecule has 3 aromatic rings. The highest BCUT2D eigenvalue weighted by Crippen LogP contribution is 2.28. The molecule has 1 aliphatic rings. The normalized spacial score (nSPS) is 14.9. The molecule has 1 aromatic carbocycles. The van der Waals surface area contributed by atoms with Crippen LogP contribution in [0.25, 0.3) is 22.3 Å². The molecular formula is C29H39N7O5. The maximum absolute atomic E-state index is 13.0. The van der Waals surface area contributed by atoms with Gasteiger partial charge in [0.05, 0.1) is 18.9 Å². The molecule has 4 rings (SSSR count). The molecular weight excluding hydrogens is 526 g/mol. The molecule has 3 heterocycles. The van der Waals surface area contributed by atoms with Gasteiger partial charge in [0.15, 0.2) is 0 Å². The number of amides is 3. The van der Waals surface area contributed by atoms with E-state index < -0.39 is 17.7 Å². The smallest absolute Gasteiger partial charge is 0.408 e. The third-order valence-electron chi connectivity index (χ3n) is 6.65. The summed E-state index contributed by atoms with van der Waals surface area (Å²) in [5.74, 6) is -0.540. The van der Waals surface area contributed by atoms with Gasteiger partial charge in [0.25, 0.3) is 5.91 Å². The highest BCUT2D eigenvalue weighted by atomic mass is 16.6. The molecule has 3 N–H and O–H groups in total. The lowest BCUT2D eigenvalue weighted by atomic mass is 10.1. The second-order valence-electron chi connectivity index (χ2n) is 11.0. The molecule has 12 nitrogen and oxygen atoms in total. The summed E-state index contributed by atoms with van der Waals surface area (Å²) in [6.45, 7) is 11.7. The summed E-state index contributed by atoms with van der Waals surface area (Å²) in [6.07, 6.45) is 1.67. The highest BCUT2D eigenvalue weighted by molar-refractivity contribution is 6.01. The summed E-state index contributed by atoms with van der Waals surface area (Å²) in [7, 11) is 1.81. The Hall–Kier alpha value is -4.03. The first-order valence-corrected chi connectivity index (χ1v) is 13.8. The molecule has 1 fully saturated rings. The number of ether oxygens (including phenoxy) is 2. The van der Waals surface area contributed by atoms with E-state index >= 15 is 0 Å². The Morgan fingerprint density at radius 3 is 2.49 bits per heavy atom. The van der Waals surface area contributed by atoms with Crippen LogP contribution in [0, 0.1) is 0 Å². The second-order valence-corrected chi connectivity index (χ2v) is 11.0. The fourth-order valence-corrected chi connectivity index (χ4v) is 4.51. The summed E-state index contributed by atoms with van der Waals surface area (Å²) in [5.41, 5.74) is 2.53. The number of alkyl carbamates (subject to hydrolysis) is 1. The van der Waals surface area contributed by atoms with Crippen molar-refractivity contribution >= 4 is 34.6 Å². The van der Waals surface area contributed by atoms with Crippen molar-refractivity contribution in [3.8, 4) is 11.3 Å². The van der Waals surface area contributed by atoms with Gasteiger partial charge >= 0.3 is 6.09 Å². The van der Waals surface area contributed by atoms with Gasteiger partial charge in [0.2, 0.25) is 5.91 Å². The molecule has 0 radical (unpaired) electrons. The number of carbonyl (C=O) groups excluding carboxylic acids is 3. The van der Waals surface area contributed by atoms with E-state index in [1.807, 2.05) is 25.2 Å². The van der Waals surface area contributed by atoms with Gasteiger partial charge in [-0.05, 0) is 58.9 Å². The van der Waals surface area contributed by atoms with Gasteiger partial charge < -0.3 is 30.0 Å². The molecule has 1 saturated heterocycles. The number of rotatable bonds is 9. The van der Waals surface area contributed by atoms with Crippen LogP contribution in [-0.2, 0) is 21.3 Å². The first-order chi connectivity index (χ1) is 19.5. The standard InChI is InChI=1S/C29H39N7O5/c1-19(33-28(39)41-29(2,3)4)26(37)34-21-9-7-20(8-10-21)24-22-17-23(35(5)25(22)32-18-31-24)27(38)30-11-6-12-36-13-15-40-16-14-36/h7-10,17-19H,6,11-16H2,1-5H3,(H,30,38)(H,33,39)(H,34,37)/t19-/m0/s1. The Morgan fingerprint density at radius 2 is 1.80 bits per heavy atom. The molecule has 12 heteroatoms. The molecule has 1 atom stereocenters. The van der Waals surface area contributed by atoms with Gasteiger partial charge in [-0.25, -0.2) is 14.8 Å². The lowest BCUT2D eigenvalue weighted by Crippen LogP contribution is -2.43. The molecule has 0 spiro atoms. The van der Waals surface area contributed by atoms with Crippen molar-refractivity contribution in [2.24, 2.45) is 7.05 Å². The van der Waals surface area contributed by atoms with Crippen LogP contribution in [0.5, 0.6) is 0 Å². The minimum Gasteiger partial charge on any atom is -0.444 e. The van der Waals surface area contributed by atoms with Crippen LogP contribution in [0.4, 0.5) is 10.5 Å². The first kappa shape index (κ1) is 29.9. The number of nitrogens with one attached hydrogen (secondary N) is 3. The molecule has 0 saturated carbocycles. The number of morpholine rings is 1. The third-order valence-corrected chi connectivity index (χ3v) is 6.65. The molecule has 0 unspecified atom stereocenters. The molecule has 2 aromatic heterocycles. The van der Waals surface area contributed by atoms with E-state index in [1.165, 1.54) is 6.33 Å². The molecule has 0 aliphatic carbocycles. The minimum absolute atomic E-state index is 0.161. The maximum atomic E-state index is 13.0. The van der Waals surface area contributed by atoms with Crippen molar-refractivity contribution in [1.82, 2.24) is 30.1 Å². The summed E-state index contributed by atoms with van der Waals surface area (Å²) < 4.78 is 12.4. The fraction of sp³-hybridized carbons (Fsp3) is 0.483. The third kappa shape index (κ3) is 8.01. The average molecular weight is 566 g/mol. The van der Waals surface area contributed by atoms with E-state index in [0.717, 1.165) is 50.2 Å². The van der Waals surface area contributed by atoms with Crippen LogP contribution >= 0.6 is 0 Å². The largest absolute Gasteiger partial charge is 0.444 e. The Balaban J connectivity index is 1.39. The molecule has 41 heavy (non-hydrogen) atoms. The van der Waals surface area contributed by atoms with Crippen LogP contribution in [0.1, 0.15) is 44.6 Å². The minimum atomic E-state index is -0.792. The van der Waals surface area contributed by atoms with E-state index in [4.69, 9.17) is 9.47 Å². The Bertz CT molecular complexity index is 1370. The summed E-state index contributed by atoms with van der Waals surface area (Å²) in [4.78, 5) is 48.7. The summed E-state index contributed by atoms with van der Waals surface area (Å²) in [5, 5.41) is 9.09. The van der Waals surface area contributed by atoms with Crippen molar-refractivity contribution < 1.29 is 23.9 Å². The molecule has 3 amide bonds. The zero-order valence-corrected chi connectivity index (χ0v) is 24.3. The van der Waals surface area contributed by atoms with E-state index in [-0.39, 0.29) is 11.8 Å². The van der Waals surface area contributed by atoms with Crippen LogP contribution in [0.2, 0.25) is 0 Å². The van der Waals surface area contributed by atoms with E-state index in [0.29, 0.717) is 29.3 Å². The molecule has 0 bridgehead atoms. The van der Waals surface area contributed by atoms with Gasteiger partial charge in [-0.2, -0.15) is 0 Å². The zero-order valence-electron chi connectivity index (χ0n) is 24.3. The predicted molar refractivity (Wildman–Crippen MR) is 156 cm³/mol. The summed E-state index contributed by atoms with van der Waals surface area (Å²) in [6, 6.07) is 8.20. The van der Waals surface area contributed by atoms with Gasteiger partial charge in [0, 0.05) is 43.3 Å². The Labute approximate surface area is 239 Å². The number of benzene rings is 1. The van der Waals surface area contributed by atoms with Gasteiger partial charge in [-0.1, -0.05) is 12.1 Å². The van der Waals surface area contributed by atoms with Crippen LogP contribution < -0.4 is 16.0 Å². The quantitative estimate of drug-likeness (QED) is 0.337. The average Bonchev–Trinajstić information content (AvgIpc) is 3.27. The Kier molecular flexibility index (Phi) is 9.56. The van der Waals surface area contributed by atoms with E-state index in [2.05, 4.69) is 30.8 Å². The number of hydrogen-bond acceptors (Lipinski definition) is 8.